The SMILES string of the molecule is CCCC(C)NC(=O)C(C)N1CCSc2ccc(N)cc21. The van der Waals surface area contributed by atoms with E-state index in [1.807, 2.05) is 36.9 Å². The Morgan fingerprint density at radius 3 is 2.95 bits per heavy atom. The van der Waals surface area contributed by atoms with Crippen molar-refractivity contribution < 1.29 is 4.79 Å². The molecule has 0 bridgehead atoms. The number of nitrogens with two attached hydrogens (primary N) is 1. The summed E-state index contributed by atoms with van der Waals surface area (Å²) in [6, 6.07) is 5.99. The van der Waals surface area contributed by atoms with Crippen molar-refractivity contribution in [2.75, 3.05) is 22.9 Å². The van der Waals surface area contributed by atoms with Gasteiger partial charge in [0, 0.05) is 28.9 Å². The molecule has 2 unspecified atom stereocenters. The number of carbonyl (C=O) groups is 1. The van der Waals surface area contributed by atoms with Gasteiger partial charge in [0.1, 0.15) is 6.04 Å². The molecule has 116 valence electrons. The number of nitrogens with one attached hydrogen (secondary N) is 1. The average molecular weight is 307 g/mol. The van der Waals surface area contributed by atoms with E-state index in [1.165, 1.54) is 4.90 Å². The van der Waals surface area contributed by atoms with Gasteiger partial charge in [0.15, 0.2) is 0 Å². The number of fused-ring (bicyclic) bond motifs is 1. The Labute approximate surface area is 131 Å². The molecule has 3 N–H and O–H groups in total. The molecule has 1 aliphatic rings. The number of hydrogen-bond acceptors (Lipinski definition) is 4. The standard InChI is InChI=1S/C16H25N3OS/c1-4-5-11(2)18-16(20)12(3)19-8-9-21-15-7-6-13(17)10-14(15)19/h6-7,10-12H,4-5,8-9,17H2,1-3H3,(H,18,20). The lowest BCUT2D eigenvalue weighted by atomic mass is 10.1. The summed E-state index contributed by atoms with van der Waals surface area (Å²) in [6.07, 6.45) is 2.09. The first kappa shape index (κ1) is 16.0. The Hall–Kier alpha value is -1.36. The van der Waals surface area contributed by atoms with Gasteiger partial charge in [-0.15, -0.1) is 11.8 Å². The highest BCUT2D eigenvalue weighted by Crippen LogP contribution is 2.37. The van der Waals surface area contributed by atoms with E-state index in [0.717, 1.165) is 36.5 Å². The number of amides is 1. The molecular weight excluding hydrogens is 282 g/mol. The number of nitrogens with zero attached hydrogens (tertiary/aromatic N) is 1. The van der Waals surface area contributed by atoms with E-state index in [4.69, 9.17) is 5.73 Å². The fraction of sp³-hybridized carbons (Fsp3) is 0.562. The van der Waals surface area contributed by atoms with Crippen molar-refractivity contribution in [3.63, 3.8) is 0 Å². The summed E-state index contributed by atoms with van der Waals surface area (Å²) < 4.78 is 0. The second-order valence-corrected chi connectivity index (χ2v) is 6.78. The van der Waals surface area contributed by atoms with Crippen molar-refractivity contribution in [1.29, 1.82) is 0 Å². The molecule has 1 amide bonds. The highest BCUT2D eigenvalue weighted by Gasteiger charge is 2.27. The predicted molar refractivity (Wildman–Crippen MR) is 90.9 cm³/mol. The van der Waals surface area contributed by atoms with Gasteiger partial charge in [0.25, 0.3) is 0 Å². The molecule has 0 saturated carbocycles. The summed E-state index contributed by atoms with van der Waals surface area (Å²) in [4.78, 5) is 15.8. The molecule has 0 saturated heterocycles. The van der Waals surface area contributed by atoms with E-state index in [0.29, 0.717) is 0 Å². The number of rotatable bonds is 5. The van der Waals surface area contributed by atoms with Crippen LogP contribution in [0.5, 0.6) is 0 Å². The Morgan fingerprint density at radius 1 is 1.48 bits per heavy atom. The molecule has 0 aromatic heterocycles. The molecule has 0 radical (unpaired) electrons. The second-order valence-electron chi connectivity index (χ2n) is 5.64. The number of thioether (sulfide) groups is 1. The summed E-state index contributed by atoms with van der Waals surface area (Å²) >= 11 is 1.82. The van der Waals surface area contributed by atoms with Crippen molar-refractivity contribution >= 4 is 29.0 Å². The molecule has 1 aromatic carbocycles. The van der Waals surface area contributed by atoms with Gasteiger partial charge >= 0.3 is 0 Å². The summed E-state index contributed by atoms with van der Waals surface area (Å²) in [5.41, 5.74) is 7.73. The summed E-state index contributed by atoms with van der Waals surface area (Å²) in [6.45, 7) is 7.04. The minimum absolute atomic E-state index is 0.0937. The van der Waals surface area contributed by atoms with Crippen LogP contribution in [0.4, 0.5) is 11.4 Å². The zero-order chi connectivity index (χ0) is 15.4. The highest BCUT2D eigenvalue weighted by molar-refractivity contribution is 7.99. The Kier molecular flexibility index (Phi) is 5.39. The van der Waals surface area contributed by atoms with E-state index < -0.39 is 0 Å². The van der Waals surface area contributed by atoms with Gasteiger partial charge in [-0.2, -0.15) is 0 Å². The molecule has 4 nitrogen and oxygen atoms in total. The number of carbonyl (C=O) groups excluding carboxylic acids is 1. The molecule has 1 aliphatic heterocycles. The largest absolute Gasteiger partial charge is 0.399 e. The first-order valence-electron chi connectivity index (χ1n) is 7.62. The number of nitrogen functional groups attached to an aromatic ring is 1. The molecule has 2 rings (SSSR count). The average Bonchev–Trinajstić information content (AvgIpc) is 2.46. The van der Waals surface area contributed by atoms with Crippen molar-refractivity contribution in [2.45, 2.75) is 50.6 Å². The number of benzene rings is 1. The third-order valence-corrected chi connectivity index (χ3v) is 4.88. The van der Waals surface area contributed by atoms with Gasteiger partial charge in [0.05, 0.1) is 5.69 Å². The lowest BCUT2D eigenvalue weighted by Crippen LogP contribution is -2.49. The molecule has 0 fully saturated rings. The van der Waals surface area contributed by atoms with E-state index in [9.17, 15) is 4.79 Å². The molecule has 2 atom stereocenters. The van der Waals surface area contributed by atoms with Crippen molar-refractivity contribution in [3.8, 4) is 0 Å². The van der Waals surface area contributed by atoms with Crippen LogP contribution in [0.1, 0.15) is 33.6 Å². The smallest absolute Gasteiger partial charge is 0.242 e. The highest BCUT2D eigenvalue weighted by atomic mass is 32.2. The summed E-state index contributed by atoms with van der Waals surface area (Å²) in [5.74, 6) is 1.09. The van der Waals surface area contributed by atoms with Crippen LogP contribution in [0.2, 0.25) is 0 Å². The van der Waals surface area contributed by atoms with Gasteiger partial charge in [-0.25, -0.2) is 0 Å². The Bertz CT molecular complexity index is 506. The molecule has 5 heteroatoms. The van der Waals surface area contributed by atoms with Crippen LogP contribution < -0.4 is 16.0 Å². The van der Waals surface area contributed by atoms with Gasteiger partial charge in [-0.1, -0.05) is 13.3 Å². The van der Waals surface area contributed by atoms with E-state index in [2.05, 4.69) is 24.1 Å². The fourth-order valence-corrected chi connectivity index (χ4v) is 3.66. The fourth-order valence-electron chi connectivity index (χ4n) is 2.67. The van der Waals surface area contributed by atoms with Crippen molar-refractivity contribution in [2.24, 2.45) is 0 Å². The lowest BCUT2D eigenvalue weighted by Gasteiger charge is -2.35. The molecule has 1 heterocycles. The van der Waals surface area contributed by atoms with Gasteiger partial charge in [-0.05, 0) is 38.5 Å². The number of anilines is 2. The monoisotopic (exact) mass is 307 g/mol. The number of hydrogen-bond donors (Lipinski definition) is 2. The van der Waals surface area contributed by atoms with Gasteiger partial charge < -0.3 is 16.0 Å². The van der Waals surface area contributed by atoms with Gasteiger partial charge in [-0.3, -0.25) is 4.79 Å². The second kappa shape index (κ2) is 7.07. The maximum atomic E-state index is 12.4. The Morgan fingerprint density at radius 2 is 2.24 bits per heavy atom. The maximum absolute atomic E-state index is 12.4. The minimum atomic E-state index is -0.175. The van der Waals surface area contributed by atoms with Crippen LogP contribution in [-0.4, -0.2) is 30.3 Å². The first-order valence-corrected chi connectivity index (χ1v) is 8.60. The van der Waals surface area contributed by atoms with Crippen LogP contribution in [0.15, 0.2) is 23.1 Å². The predicted octanol–water partition coefficient (Wildman–Crippen LogP) is 2.87. The third-order valence-electron chi connectivity index (χ3n) is 3.84. The maximum Gasteiger partial charge on any atom is 0.242 e. The summed E-state index contributed by atoms with van der Waals surface area (Å²) in [5, 5.41) is 3.10. The molecular formula is C16H25N3OS. The lowest BCUT2D eigenvalue weighted by molar-refractivity contribution is -0.122. The Balaban J connectivity index is 2.12. The van der Waals surface area contributed by atoms with Crippen molar-refractivity contribution in [1.82, 2.24) is 5.32 Å². The van der Waals surface area contributed by atoms with Crippen LogP contribution in [0.25, 0.3) is 0 Å². The first-order chi connectivity index (χ1) is 10.0. The zero-order valence-electron chi connectivity index (χ0n) is 13.1. The van der Waals surface area contributed by atoms with E-state index in [1.54, 1.807) is 0 Å². The van der Waals surface area contributed by atoms with Crippen LogP contribution in [-0.2, 0) is 4.79 Å². The van der Waals surface area contributed by atoms with E-state index >= 15 is 0 Å². The molecule has 1 aromatic rings. The quantitative estimate of drug-likeness (QED) is 0.821. The topological polar surface area (TPSA) is 58.4 Å². The molecule has 21 heavy (non-hydrogen) atoms. The minimum Gasteiger partial charge on any atom is -0.399 e. The van der Waals surface area contributed by atoms with Crippen LogP contribution in [0.3, 0.4) is 0 Å². The van der Waals surface area contributed by atoms with Crippen LogP contribution in [0, 0.1) is 0 Å². The van der Waals surface area contributed by atoms with Crippen LogP contribution >= 0.6 is 11.8 Å². The summed E-state index contributed by atoms with van der Waals surface area (Å²) in [7, 11) is 0. The van der Waals surface area contributed by atoms with Crippen molar-refractivity contribution in [3.05, 3.63) is 18.2 Å². The normalized spacial score (nSPS) is 17.0. The third kappa shape index (κ3) is 3.84. The zero-order valence-corrected chi connectivity index (χ0v) is 13.9. The van der Waals surface area contributed by atoms with Gasteiger partial charge in [0.2, 0.25) is 5.91 Å². The van der Waals surface area contributed by atoms with E-state index in [-0.39, 0.29) is 18.0 Å². The molecule has 0 aliphatic carbocycles. The molecule has 0 spiro atoms.